The van der Waals surface area contributed by atoms with Gasteiger partial charge in [0.05, 0.1) is 5.60 Å². The predicted octanol–water partition coefficient (Wildman–Crippen LogP) is -0.0393. The van der Waals surface area contributed by atoms with Crippen LogP contribution in [-0.2, 0) is 10.2 Å². The summed E-state index contributed by atoms with van der Waals surface area (Å²) in [5, 5.41) is 10.5. The standard InChI is InChI=1S/C12H23F2N3O3S/c1-15(2)21(19,20)17-8-3-11(18,10-17)9-16-6-4-12(13,14)5-7-16/h18H,3-10H2,1-2H3. The summed E-state index contributed by atoms with van der Waals surface area (Å²) in [4.78, 5) is 1.79. The molecule has 21 heavy (non-hydrogen) atoms. The fraction of sp³-hybridized carbons (Fsp3) is 1.00. The monoisotopic (exact) mass is 327 g/mol. The zero-order chi connectivity index (χ0) is 15.9. The van der Waals surface area contributed by atoms with Gasteiger partial charge in [-0.1, -0.05) is 0 Å². The van der Waals surface area contributed by atoms with E-state index >= 15 is 0 Å². The van der Waals surface area contributed by atoms with Gasteiger partial charge in [-0.2, -0.15) is 17.0 Å². The van der Waals surface area contributed by atoms with Crippen molar-refractivity contribution in [3.8, 4) is 0 Å². The molecule has 0 aromatic heterocycles. The molecule has 0 bridgehead atoms. The normalized spacial score (nSPS) is 31.9. The van der Waals surface area contributed by atoms with Crippen LogP contribution in [0.15, 0.2) is 0 Å². The fourth-order valence-electron chi connectivity index (χ4n) is 2.83. The van der Waals surface area contributed by atoms with Gasteiger partial charge in [0.15, 0.2) is 0 Å². The highest BCUT2D eigenvalue weighted by molar-refractivity contribution is 7.86. The first-order valence-corrected chi connectivity index (χ1v) is 8.44. The van der Waals surface area contributed by atoms with Crippen molar-refractivity contribution in [1.29, 1.82) is 0 Å². The first-order chi connectivity index (χ1) is 9.54. The van der Waals surface area contributed by atoms with Crippen LogP contribution < -0.4 is 0 Å². The van der Waals surface area contributed by atoms with E-state index in [1.807, 2.05) is 0 Å². The number of piperidine rings is 1. The van der Waals surface area contributed by atoms with Crippen molar-refractivity contribution in [2.45, 2.75) is 30.8 Å². The highest BCUT2D eigenvalue weighted by atomic mass is 32.2. The molecule has 2 aliphatic rings. The van der Waals surface area contributed by atoms with Crippen molar-refractivity contribution in [3.63, 3.8) is 0 Å². The minimum atomic E-state index is -3.54. The molecule has 0 spiro atoms. The lowest BCUT2D eigenvalue weighted by molar-refractivity contribution is -0.0716. The topological polar surface area (TPSA) is 64.1 Å². The summed E-state index contributed by atoms with van der Waals surface area (Å²) in [6.45, 7) is 0.968. The largest absolute Gasteiger partial charge is 0.387 e. The van der Waals surface area contributed by atoms with Crippen LogP contribution in [0.5, 0.6) is 0 Å². The Morgan fingerprint density at radius 3 is 2.24 bits per heavy atom. The lowest BCUT2D eigenvalue weighted by atomic mass is 10.00. The maximum Gasteiger partial charge on any atom is 0.281 e. The van der Waals surface area contributed by atoms with E-state index in [9.17, 15) is 22.3 Å². The Morgan fingerprint density at radius 2 is 1.71 bits per heavy atom. The molecule has 6 nitrogen and oxygen atoms in total. The Hall–Kier alpha value is -0.350. The second-order valence-electron chi connectivity index (χ2n) is 6.23. The highest BCUT2D eigenvalue weighted by Gasteiger charge is 2.44. The third kappa shape index (κ3) is 3.89. The van der Waals surface area contributed by atoms with E-state index in [0.717, 1.165) is 4.31 Å². The number of hydrogen-bond acceptors (Lipinski definition) is 4. The summed E-state index contributed by atoms with van der Waals surface area (Å²) < 4.78 is 52.6. The third-order valence-electron chi connectivity index (χ3n) is 4.19. The molecule has 0 aromatic carbocycles. The summed E-state index contributed by atoms with van der Waals surface area (Å²) >= 11 is 0. The van der Waals surface area contributed by atoms with Crippen LogP contribution in [0.2, 0.25) is 0 Å². The maximum absolute atomic E-state index is 13.1. The van der Waals surface area contributed by atoms with Gasteiger partial charge >= 0.3 is 0 Å². The quantitative estimate of drug-likeness (QED) is 0.787. The zero-order valence-corrected chi connectivity index (χ0v) is 13.2. The first-order valence-electron chi connectivity index (χ1n) is 7.04. The van der Waals surface area contributed by atoms with E-state index in [1.54, 1.807) is 4.90 Å². The molecule has 2 heterocycles. The number of halogens is 2. The number of nitrogens with zero attached hydrogens (tertiary/aromatic N) is 3. The number of β-amino-alcohol motifs (C(OH)–C–C–N with tert-alkyl or cyclic N) is 1. The summed E-state index contributed by atoms with van der Waals surface area (Å²) in [5.74, 6) is -2.62. The Morgan fingerprint density at radius 1 is 1.14 bits per heavy atom. The molecule has 0 saturated carbocycles. The molecule has 0 amide bonds. The van der Waals surface area contributed by atoms with E-state index in [-0.39, 0.29) is 45.6 Å². The Bertz CT molecular complexity index is 476. The maximum atomic E-state index is 13.1. The Balaban J connectivity index is 1.93. The number of rotatable bonds is 4. The van der Waals surface area contributed by atoms with Crippen molar-refractivity contribution < 1.29 is 22.3 Å². The molecule has 2 saturated heterocycles. The molecule has 2 aliphatic heterocycles. The lowest BCUT2D eigenvalue weighted by Crippen LogP contribution is -2.50. The molecule has 1 atom stereocenters. The van der Waals surface area contributed by atoms with E-state index < -0.39 is 21.7 Å². The number of hydrogen-bond donors (Lipinski definition) is 1. The second kappa shape index (κ2) is 5.69. The van der Waals surface area contributed by atoms with Gasteiger partial charge in [-0.25, -0.2) is 8.78 Å². The molecule has 0 aromatic rings. The Kier molecular flexibility index (Phi) is 4.61. The molecular formula is C12H23F2N3O3S. The minimum Gasteiger partial charge on any atom is -0.387 e. The van der Waals surface area contributed by atoms with Crippen molar-refractivity contribution in [3.05, 3.63) is 0 Å². The average Bonchev–Trinajstić information content (AvgIpc) is 2.75. The van der Waals surface area contributed by atoms with Gasteiger partial charge in [-0.3, -0.25) is 4.90 Å². The van der Waals surface area contributed by atoms with Crippen molar-refractivity contribution in [2.24, 2.45) is 0 Å². The van der Waals surface area contributed by atoms with Crippen molar-refractivity contribution in [1.82, 2.24) is 13.5 Å². The molecule has 1 N–H and O–H groups in total. The SMILES string of the molecule is CN(C)S(=O)(=O)N1CCC(O)(CN2CCC(F)(F)CC2)C1. The van der Waals surface area contributed by atoms with Crippen LogP contribution >= 0.6 is 0 Å². The molecule has 2 rings (SSSR count). The number of aliphatic hydroxyl groups is 1. The van der Waals surface area contributed by atoms with Crippen molar-refractivity contribution >= 4 is 10.2 Å². The molecule has 0 aliphatic carbocycles. The van der Waals surface area contributed by atoms with Gasteiger partial charge in [0.1, 0.15) is 0 Å². The summed E-state index contributed by atoms with van der Waals surface area (Å²) in [7, 11) is -0.651. The fourth-order valence-corrected chi connectivity index (χ4v) is 4.02. The second-order valence-corrected chi connectivity index (χ2v) is 8.37. The third-order valence-corrected chi connectivity index (χ3v) is 6.08. The van der Waals surface area contributed by atoms with E-state index in [0.29, 0.717) is 6.42 Å². The van der Waals surface area contributed by atoms with E-state index in [4.69, 9.17) is 0 Å². The summed E-state index contributed by atoms with van der Waals surface area (Å²) in [5.41, 5.74) is -1.16. The summed E-state index contributed by atoms with van der Waals surface area (Å²) in [6.07, 6.45) is -0.0848. The van der Waals surface area contributed by atoms with Crippen LogP contribution in [0, 0.1) is 0 Å². The van der Waals surface area contributed by atoms with E-state index in [1.165, 1.54) is 18.4 Å². The molecule has 9 heteroatoms. The number of alkyl halides is 2. The van der Waals surface area contributed by atoms with Crippen LogP contribution in [0.1, 0.15) is 19.3 Å². The smallest absolute Gasteiger partial charge is 0.281 e. The molecule has 124 valence electrons. The predicted molar refractivity (Wildman–Crippen MR) is 74.4 cm³/mol. The highest BCUT2D eigenvalue weighted by Crippen LogP contribution is 2.31. The first kappa shape index (κ1) is 17.0. The molecule has 0 radical (unpaired) electrons. The van der Waals surface area contributed by atoms with Crippen LogP contribution in [0.4, 0.5) is 8.78 Å². The van der Waals surface area contributed by atoms with Gasteiger partial charge in [-0.05, 0) is 6.42 Å². The van der Waals surface area contributed by atoms with Gasteiger partial charge in [0, 0.05) is 59.7 Å². The van der Waals surface area contributed by atoms with Gasteiger partial charge < -0.3 is 5.11 Å². The minimum absolute atomic E-state index is 0.0143. The van der Waals surface area contributed by atoms with Gasteiger partial charge in [0.2, 0.25) is 0 Å². The van der Waals surface area contributed by atoms with Crippen molar-refractivity contribution in [2.75, 3.05) is 46.8 Å². The average molecular weight is 327 g/mol. The van der Waals surface area contributed by atoms with Crippen LogP contribution in [0.25, 0.3) is 0 Å². The molecule has 1 unspecified atom stereocenters. The van der Waals surface area contributed by atoms with Crippen LogP contribution in [-0.4, -0.2) is 85.4 Å². The lowest BCUT2D eigenvalue weighted by Gasteiger charge is -2.36. The molecular weight excluding hydrogens is 304 g/mol. The number of likely N-dealkylation sites (tertiary alicyclic amines) is 1. The van der Waals surface area contributed by atoms with Gasteiger partial charge in [0.25, 0.3) is 16.1 Å². The van der Waals surface area contributed by atoms with Gasteiger partial charge in [-0.15, -0.1) is 0 Å². The van der Waals surface area contributed by atoms with E-state index in [2.05, 4.69) is 0 Å². The zero-order valence-electron chi connectivity index (χ0n) is 12.4. The molecule has 2 fully saturated rings. The summed E-state index contributed by atoms with van der Waals surface area (Å²) in [6, 6.07) is 0. The Labute approximate surface area is 124 Å². The van der Waals surface area contributed by atoms with Crippen LogP contribution in [0.3, 0.4) is 0 Å².